The minimum atomic E-state index is -0.373. The van der Waals surface area contributed by atoms with Gasteiger partial charge in [0.15, 0.2) is 5.13 Å². The van der Waals surface area contributed by atoms with Crippen LogP contribution < -0.4 is 5.32 Å². The second-order valence-electron chi connectivity index (χ2n) is 4.10. The SMILES string of the molecule is N#C[C@@H](Nc1nc2ccccc2s1)c1ccccc1. The zero-order chi connectivity index (χ0) is 13.1. The maximum Gasteiger partial charge on any atom is 0.185 e. The highest BCUT2D eigenvalue weighted by Gasteiger charge is 2.12. The Labute approximate surface area is 115 Å². The predicted octanol–water partition coefficient (Wildman–Crippen LogP) is 3.97. The van der Waals surface area contributed by atoms with Crippen LogP contribution in [0.2, 0.25) is 0 Å². The number of anilines is 1. The predicted molar refractivity (Wildman–Crippen MR) is 78.0 cm³/mol. The van der Waals surface area contributed by atoms with Gasteiger partial charge < -0.3 is 5.32 Å². The topological polar surface area (TPSA) is 48.7 Å². The molecule has 0 aliphatic rings. The molecule has 0 spiro atoms. The Morgan fingerprint density at radius 3 is 2.53 bits per heavy atom. The summed E-state index contributed by atoms with van der Waals surface area (Å²) in [5.41, 5.74) is 1.91. The van der Waals surface area contributed by atoms with E-state index in [4.69, 9.17) is 0 Å². The average Bonchev–Trinajstić information content (AvgIpc) is 2.88. The molecule has 1 atom stereocenters. The molecule has 19 heavy (non-hydrogen) atoms. The number of aromatic nitrogens is 1. The van der Waals surface area contributed by atoms with Gasteiger partial charge in [0.1, 0.15) is 6.04 Å². The number of nitrogens with one attached hydrogen (secondary N) is 1. The summed E-state index contributed by atoms with van der Waals surface area (Å²) in [6.07, 6.45) is 0. The molecule has 3 nitrogen and oxygen atoms in total. The summed E-state index contributed by atoms with van der Waals surface area (Å²) in [6, 6.07) is 19.5. The molecule has 0 saturated carbocycles. The molecule has 0 aliphatic heterocycles. The van der Waals surface area contributed by atoms with Gasteiger partial charge in [0.05, 0.1) is 16.3 Å². The summed E-state index contributed by atoms with van der Waals surface area (Å²) in [7, 11) is 0. The highest BCUT2D eigenvalue weighted by Crippen LogP contribution is 2.28. The Bertz CT molecular complexity index is 695. The van der Waals surface area contributed by atoms with E-state index in [0.717, 1.165) is 20.9 Å². The number of hydrogen-bond acceptors (Lipinski definition) is 4. The molecule has 92 valence electrons. The number of benzene rings is 2. The van der Waals surface area contributed by atoms with Crippen molar-refractivity contribution in [3.05, 3.63) is 60.2 Å². The number of para-hydroxylation sites is 1. The first-order valence-corrected chi connectivity index (χ1v) is 6.75. The minimum absolute atomic E-state index is 0.373. The van der Waals surface area contributed by atoms with Crippen molar-refractivity contribution in [2.24, 2.45) is 0 Å². The van der Waals surface area contributed by atoms with Gasteiger partial charge in [0, 0.05) is 0 Å². The molecule has 2 aromatic carbocycles. The number of nitrogens with zero attached hydrogens (tertiary/aromatic N) is 2. The maximum atomic E-state index is 9.28. The lowest BCUT2D eigenvalue weighted by Crippen LogP contribution is -2.07. The van der Waals surface area contributed by atoms with Gasteiger partial charge >= 0.3 is 0 Å². The van der Waals surface area contributed by atoms with Gasteiger partial charge in [0.2, 0.25) is 0 Å². The summed E-state index contributed by atoms with van der Waals surface area (Å²) in [4.78, 5) is 4.48. The zero-order valence-corrected chi connectivity index (χ0v) is 10.9. The molecule has 0 amide bonds. The van der Waals surface area contributed by atoms with Crippen molar-refractivity contribution < 1.29 is 0 Å². The van der Waals surface area contributed by atoms with Gasteiger partial charge in [-0.3, -0.25) is 0 Å². The van der Waals surface area contributed by atoms with E-state index < -0.39 is 0 Å². The van der Waals surface area contributed by atoms with Gasteiger partial charge in [-0.15, -0.1) is 0 Å². The molecule has 0 saturated heterocycles. The quantitative estimate of drug-likeness (QED) is 0.779. The average molecular weight is 265 g/mol. The van der Waals surface area contributed by atoms with E-state index in [1.165, 1.54) is 0 Å². The van der Waals surface area contributed by atoms with E-state index in [0.29, 0.717) is 0 Å². The highest BCUT2D eigenvalue weighted by molar-refractivity contribution is 7.22. The largest absolute Gasteiger partial charge is 0.342 e. The van der Waals surface area contributed by atoms with Crippen LogP contribution in [-0.4, -0.2) is 4.98 Å². The third-order valence-electron chi connectivity index (χ3n) is 2.82. The summed E-state index contributed by atoms with van der Waals surface area (Å²) in [5, 5.41) is 13.2. The monoisotopic (exact) mass is 265 g/mol. The maximum absolute atomic E-state index is 9.28. The van der Waals surface area contributed by atoms with Crippen molar-refractivity contribution in [3.8, 4) is 6.07 Å². The molecule has 0 radical (unpaired) electrons. The normalized spacial score (nSPS) is 11.9. The fourth-order valence-electron chi connectivity index (χ4n) is 1.89. The molecule has 0 fully saturated rings. The van der Waals surface area contributed by atoms with Crippen LogP contribution in [-0.2, 0) is 0 Å². The molecular formula is C15H11N3S. The van der Waals surface area contributed by atoms with E-state index in [1.807, 2.05) is 54.6 Å². The fourth-order valence-corrected chi connectivity index (χ4v) is 2.79. The Balaban J connectivity index is 1.89. The van der Waals surface area contributed by atoms with E-state index >= 15 is 0 Å². The number of rotatable bonds is 3. The first-order valence-electron chi connectivity index (χ1n) is 5.93. The van der Waals surface area contributed by atoms with E-state index in [-0.39, 0.29) is 6.04 Å². The van der Waals surface area contributed by atoms with Crippen LogP contribution >= 0.6 is 11.3 Å². The molecule has 0 aliphatic carbocycles. The molecular weight excluding hydrogens is 254 g/mol. The first-order chi connectivity index (χ1) is 9.36. The minimum Gasteiger partial charge on any atom is -0.342 e. The summed E-state index contributed by atoms with van der Waals surface area (Å²) in [6.45, 7) is 0. The van der Waals surface area contributed by atoms with Crippen LogP contribution in [0.15, 0.2) is 54.6 Å². The number of fused-ring (bicyclic) bond motifs is 1. The lowest BCUT2D eigenvalue weighted by molar-refractivity contribution is 0.994. The van der Waals surface area contributed by atoms with E-state index in [9.17, 15) is 5.26 Å². The summed E-state index contributed by atoms with van der Waals surface area (Å²) >= 11 is 1.56. The lowest BCUT2D eigenvalue weighted by atomic mass is 10.1. The number of nitriles is 1. The van der Waals surface area contributed by atoms with Crippen molar-refractivity contribution in [3.63, 3.8) is 0 Å². The van der Waals surface area contributed by atoms with Crippen LogP contribution in [0.1, 0.15) is 11.6 Å². The fraction of sp³-hybridized carbons (Fsp3) is 0.0667. The van der Waals surface area contributed by atoms with Crippen LogP contribution in [0.4, 0.5) is 5.13 Å². The second kappa shape index (κ2) is 5.09. The van der Waals surface area contributed by atoms with Crippen LogP contribution in [0.3, 0.4) is 0 Å². The zero-order valence-electron chi connectivity index (χ0n) is 10.1. The van der Waals surface area contributed by atoms with Gasteiger partial charge in [0.25, 0.3) is 0 Å². The molecule has 3 rings (SSSR count). The lowest BCUT2D eigenvalue weighted by Gasteiger charge is -2.09. The smallest absolute Gasteiger partial charge is 0.185 e. The summed E-state index contributed by atoms with van der Waals surface area (Å²) in [5.74, 6) is 0. The van der Waals surface area contributed by atoms with Crippen LogP contribution in [0.5, 0.6) is 0 Å². The van der Waals surface area contributed by atoms with Crippen molar-refractivity contribution in [2.45, 2.75) is 6.04 Å². The number of thiazole rings is 1. The molecule has 0 unspecified atom stereocenters. The Kier molecular flexibility index (Phi) is 3.13. The standard InChI is InChI=1S/C15H11N3S/c16-10-13(11-6-2-1-3-7-11)18-15-17-12-8-4-5-9-14(12)19-15/h1-9,13H,(H,17,18)/t13-/m1/s1. The van der Waals surface area contributed by atoms with E-state index in [1.54, 1.807) is 11.3 Å². The summed E-state index contributed by atoms with van der Waals surface area (Å²) < 4.78 is 1.12. The van der Waals surface area contributed by atoms with Gasteiger partial charge in [-0.05, 0) is 17.7 Å². The van der Waals surface area contributed by atoms with Crippen LogP contribution in [0.25, 0.3) is 10.2 Å². The van der Waals surface area contributed by atoms with Crippen molar-refractivity contribution in [1.29, 1.82) is 5.26 Å². The van der Waals surface area contributed by atoms with Gasteiger partial charge in [-0.1, -0.05) is 53.8 Å². The Hall–Kier alpha value is -2.38. The molecule has 1 N–H and O–H groups in total. The number of hydrogen-bond donors (Lipinski definition) is 1. The molecule has 3 aromatic rings. The first kappa shape index (κ1) is 11.7. The second-order valence-corrected chi connectivity index (χ2v) is 5.13. The Morgan fingerprint density at radius 2 is 1.79 bits per heavy atom. The highest BCUT2D eigenvalue weighted by atomic mass is 32.1. The molecule has 4 heteroatoms. The van der Waals surface area contributed by atoms with E-state index in [2.05, 4.69) is 16.4 Å². The van der Waals surface area contributed by atoms with Gasteiger partial charge in [-0.2, -0.15) is 5.26 Å². The van der Waals surface area contributed by atoms with Crippen molar-refractivity contribution in [2.75, 3.05) is 5.32 Å². The third-order valence-corrected chi connectivity index (χ3v) is 3.79. The molecule has 1 aromatic heterocycles. The van der Waals surface area contributed by atoms with Crippen molar-refractivity contribution >= 4 is 26.7 Å². The Morgan fingerprint density at radius 1 is 1.05 bits per heavy atom. The van der Waals surface area contributed by atoms with Crippen molar-refractivity contribution in [1.82, 2.24) is 4.98 Å². The van der Waals surface area contributed by atoms with Gasteiger partial charge in [-0.25, -0.2) is 4.98 Å². The third kappa shape index (κ3) is 2.42. The molecule has 0 bridgehead atoms. The van der Waals surface area contributed by atoms with Crippen LogP contribution in [0, 0.1) is 11.3 Å². The molecule has 1 heterocycles.